The van der Waals surface area contributed by atoms with E-state index in [1.165, 1.54) is 13.1 Å². The number of nitrogens with zero attached hydrogens (tertiary/aromatic N) is 1. The topological polar surface area (TPSA) is 91.2 Å². The summed E-state index contributed by atoms with van der Waals surface area (Å²) in [7, 11) is 0. The normalized spacial score (nSPS) is 10.6. The highest BCUT2D eigenvalue weighted by atomic mass is 16.5. The van der Waals surface area contributed by atoms with Gasteiger partial charge in [0.05, 0.1) is 0 Å². The first-order valence-corrected chi connectivity index (χ1v) is 9.17. The van der Waals surface area contributed by atoms with Gasteiger partial charge in [0.1, 0.15) is 23.1 Å². The number of carbonyl (C=O) groups excluding carboxylic acids is 2. The van der Waals surface area contributed by atoms with Gasteiger partial charge in [-0.2, -0.15) is 5.26 Å². The molecule has 0 aliphatic carbocycles. The van der Waals surface area contributed by atoms with Crippen LogP contribution in [-0.4, -0.2) is 11.7 Å². The molecule has 0 bridgehead atoms. The second kappa shape index (κ2) is 9.71. The molecule has 0 aliphatic heterocycles. The van der Waals surface area contributed by atoms with E-state index < -0.39 is 5.91 Å². The molecule has 3 aromatic rings. The predicted molar refractivity (Wildman–Crippen MR) is 115 cm³/mol. The molecule has 2 N–H and O–H groups in total. The Labute approximate surface area is 174 Å². The van der Waals surface area contributed by atoms with Gasteiger partial charge in [-0.05, 0) is 67.6 Å². The number of benzene rings is 3. The minimum atomic E-state index is -0.540. The lowest BCUT2D eigenvalue weighted by molar-refractivity contribution is -0.112. The Hall–Kier alpha value is -4.37. The van der Waals surface area contributed by atoms with Crippen LogP contribution in [0.15, 0.2) is 90.6 Å². The molecule has 3 rings (SSSR count). The van der Waals surface area contributed by atoms with Crippen molar-refractivity contribution in [2.45, 2.75) is 6.92 Å². The highest BCUT2D eigenvalue weighted by molar-refractivity contribution is 6.06. The average molecular weight is 397 g/mol. The second-order valence-corrected chi connectivity index (χ2v) is 6.34. The van der Waals surface area contributed by atoms with E-state index in [0.29, 0.717) is 28.4 Å². The van der Waals surface area contributed by atoms with Crippen molar-refractivity contribution in [2.75, 3.05) is 10.6 Å². The van der Waals surface area contributed by atoms with Gasteiger partial charge in [-0.1, -0.05) is 18.2 Å². The molecule has 0 aromatic heterocycles. The van der Waals surface area contributed by atoms with Crippen LogP contribution in [0, 0.1) is 11.3 Å². The van der Waals surface area contributed by atoms with Crippen LogP contribution < -0.4 is 15.4 Å². The molecular weight excluding hydrogens is 378 g/mol. The van der Waals surface area contributed by atoms with Crippen molar-refractivity contribution in [1.82, 2.24) is 0 Å². The summed E-state index contributed by atoms with van der Waals surface area (Å²) in [6.45, 7) is 1.49. The number of nitriles is 1. The molecule has 0 saturated carbocycles. The number of amides is 1. The van der Waals surface area contributed by atoms with Gasteiger partial charge in [-0.3, -0.25) is 9.59 Å². The van der Waals surface area contributed by atoms with Crippen LogP contribution >= 0.6 is 0 Å². The van der Waals surface area contributed by atoms with E-state index in [9.17, 15) is 14.9 Å². The van der Waals surface area contributed by atoms with Crippen molar-refractivity contribution in [1.29, 1.82) is 5.26 Å². The van der Waals surface area contributed by atoms with Gasteiger partial charge in [0, 0.05) is 23.1 Å². The van der Waals surface area contributed by atoms with Crippen LogP contribution in [0.1, 0.15) is 17.3 Å². The molecule has 0 atom stereocenters. The number of carbonyl (C=O) groups is 2. The van der Waals surface area contributed by atoms with Gasteiger partial charge < -0.3 is 15.4 Å². The summed E-state index contributed by atoms with van der Waals surface area (Å²) in [4.78, 5) is 23.7. The molecular formula is C24H19N3O3. The summed E-state index contributed by atoms with van der Waals surface area (Å²) < 4.78 is 5.71. The van der Waals surface area contributed by atoms with Gasteiger partial charge in [-0.25, -0.2) is 0 Å². The number of nitrogens with one attached hydrogen (secondary N) is 2. The minimum Gasteiger partial charge on any atom is -0.457 e. The smallest absolute Gasteiger partial charge is 0.267 e. The van der Waals surface area contributed by atoms with E-state index in [-0.39, 0.29) is 11.4 Å². The molecule has 0 aliphatic rings. The zero-order valence-electron chi connectivity index (χ0n) is 16.3. The van der Waals surface area contributed by atoms with Crippen LogP contribution in [-0.2, 0) is 4.79 Å². The lowest BCUT2D eigenvalue weighted by atomic mass is 10.1. The monoisotopic (exact) mass is 397 g/mol. The van der Waals surface area contributed by atoms with E-state index in [4.69, 9.17) is 4.74 Å². The highest BCUT2D eigenvalue weighted by Crippen LogP contribution is 2.22. The van der Waals surface area contributed by atoms with Gasteiger partial charge in [0.2, 0.25) is 0 Å². The van der Waals surface area contributed by atoms with Crippen molar-refractivity contribution < 1.29 is 14.3 Å². The number of hydrogen-bond acceptors (Lipinski definition) is 5. The predicted octanol–water partition coefficient (Wildman–Crippen LogP) is 5.14. The maximum absolute atomic E-state index is 12.4. The Kier molecular flexibility index (Phi) is 6.59. The molecule has 3 aromatic carbocycles. The van der Waals surface area contributed by atoms with Gasteiger partial charge in [0.15, 0.2) is 5.78 Å². The first kappa shape index (κ1) is 20.4. The summed E-state index contributed by atoms with van der Waals surface area (Å²) in [5.74, 6) is 0.772. The van der Waals surface area contributed by atoms with Crippen molar-refractivity contribution in [2.24, 2.45) is 0 Å². The quantitative estimate of drug-likeness (QED) is 0.327. The fourth-order valence-electron chi connectivity index (χ4n) is 2.53. The summed E-state index contributed by atoms with van der Waals surface area (Å²) >= 11 is 0. The standard InChI is InChI=1S/C24H19N3O3/c1-17(28)18-7-9-20(10-8-18)26-16-19(15-25)24(29)27-21-11-13-23(14-12-21)30-22-5-3-2-4-6-22/h2-14,16,26H,1H3,(H,27,29)/b19-16-. The van der Waals surface area contributed by atoms with Crippen molar-refractivity contribution in [3.63, 3.8) is 0 Å². The Balaban J connectivity index is 1.61. The average Bonchev–Trinajstić information content (AvgIpc) is 2.76. The van der Waals surface area contributed by atoms with E-state index in [1.807, 2.05) is 36.4 Å². The number of anilines is 2. The van der Waals surface area contributed by atoms with E-state index >= 15 is 0 Å². The molecule has 0 heterocycles. The molecule has 6 nitrogen and oxygen atoms in total. The summed E-state index contributed by atoms with van der Waals surface area (Å²) in [5, 5.41) is 14.9. The van der Waals surface area contributed by atoms with Crippen LogP contribution in [0.2, 0.25) is 0 Å². The minimum absolute atomic E-state index is 0.0330. The number of para-hydroxylation sites is 1. The Morgan fingerprint density at radius 1 is 0.867 bits per heavy atom. The summed E-state index contributed by atoms with van der Waals surface area (Å²) in [5.41, 5.74) is 1.69. The summed E-state index contributed by atoms with van der Waals surface area (Å²) in [6.07, 6.45) is 1.32. The van der Waals surface area contributed by atoms with Crippen LogP contribution in [0.4, 0.5) is 11.4 Å². The molecule has 148 valence electrons. The van der Waals surface area contributed by atoms with Crippen LogP contribution in [0.5, 0.6) is 11.5 Å². The number of ether oxygens (including phenoxy) is 1. The first-order valence-electron chi connectivity index (χ1n) is 9.17. The second-order valence-electron chi connectivity index (χ2n) is 6.34. The first-order chi connectivity index (χ1) is 14.5. The highest BCUT2D eigenvalue weighted by Gasteiger charge is 2.09. The van der Waals surface area contributed by atoms with E-state index in [0.717, 1.165) is 0 Å². The van der Waals surface area contributed by atoms with Crippen molar-refractivity contribution in [3.05, 3.63) is 96.2 Å². The molecule has 0 saturated heterocycles. The van der Waals surface area contributed by atoms with Crippen LogP contribution in [0.25, 0.3) is 0 Å². The maximum Gasteiger partial charge on any atom is 0.267 e. The van der Waals surface area contributed by atoms with Crippen molar-refractivity contribution >= 4 is 23.1 Å². The van der Waals surface area contributed by atoms with Gasteiger partial charge in [0.25, 0.3) is 5.91 Å². The molecule has 0 fully saturated rings. The molecule has 1 amide bonds. The number of Topliss-reactive ketones (excluding diaryl/α,β-unsaturated/α-hetero) is 1. The molecule has 0 spiro atoms. The number of hydrogen-bond donors (Lipinski definition) is 2. The zero-order valence-corrected chi connectivity index (χ0v) is 16.3. The summed E-state index contributed by atoms with van der Waals surface area (Å²) in [6, 6.07) is 24.8. The third-order valence-corrected chi connectivity index (χ3v) is 4.13. The lowest BCUT2D eigenvalue weighted by Gasteiger charge is -2.08. The maximum atomic E-state index is 12.4. The molecule has 30 heavy (non-hydrogen) atoms. The Morgan fingerprint density at radius 3 is 2.07 bits per heavy atom. The lowest BCUT2D eigenvalue weighted by Crippen LogP contribution is -2.14. The van der Waals surface area contributed by atoms with Crippen LogP contribution in [0.3, 0.4) is 0 Å². The Bertz CT molecular complexity index is 1100. The third-order valence-electron chi connectivity index (χ3n) is 4.13. The largest absolute Gasteiger partial charge is 0.457 e. The molecule has 0 unspecified atom stereocenters. The van der Waals surface area contributed by atoms with Gasteiger partial charge >= 0.3 is 0 Å². The van der Waals surface area contributed by atoms with E-state index in [2.05, 4.69) is 10.6 Å². The number of ketones is 1. The molecule has 6 heteroatoms. The number of rotatable bonds is 7. The SMILES string of the molecule is CC(=O)c1ccc(N/C=C(/C#N)C(=O)Nc2ccc(Oc3ccccc3)cc2)cc1. The van der Waals surface area contributed by atoms with E-state index in [1.54, 1.807) is 48.5 Å². The molecule has 0 radical (unpaired) electrons. The Morgan fingerprint density at radius 2 is 1.47 bits per heavy atom. The third kappa shape index (κ3) is 5.57. The van der Waals surface area contributed by atoms with Gasteiger partial charge in [-0.15, -0.1) is 0 Å². The van der Waals surface area contributed by atoms with Crippen molar-refractivity contribution in [3.8, 4) is 17.6 Å². The fourth-order valence-corrected chi connectivity index (χ4v) is 2.53. The fraction of sp³-hybridized carbons (Fsp3) is 0.0417. The zero-order chi connectivity index (χ0) is 21.3.